The topological polar surface area (TPSA) is 107 Å². The number of thioether (sulfide) groups is 1. The zero-order chi connectivity index (χ0) is 18.4. The van der Waals surface area contributed by atoms with Crippen LogP contribution >= 0.6 is 24.0 Å². The van der Waals surface area contributed by atoms with Crippen molar-refractivity contribution in [3.05, 3.63) is 34.7 Å². The smallest absolute Gasteiger partial charge is 0.303 e. The van der Waals surface area contributed by atoms with E-state index in [1.807, 2.05) is 0 Å². The average molecular weight is 380 g/mol. The first-order valence-electron chi connectivity index (χ1n) is 7.39. The van der Waals surface area contributed by atoms with Crippen LogP contribution in [-0.2, 0) is 14.4 Å². The monoisotopic (exact) mass is 380 g/mol. The van der Waals surface area contributed by atoms with Gasteiger partial charge in [-0.2, -0.15) is 0 Å². The van der Waals surface area contributed by atoms with Crippen LogP contribution in [0, 0.1) is 0 Å². The molecule has 3 N–H and O–H groups in total. The lowest BCUT2D eigenvalue weighted by atomic mass is 10.2. The minimum absolute atomic E-state index is 0.0310. The molecule has 0 radical (unpaired) electrons. The molecule has 1 aromatic rings. The van der Waals surface area contributed by atoms with Crippen molar-refractivity contribution in [3.8, 4) is 5.75 Å². The van der Waals surface area contributed by atoms with Crippen molar-refractivity contribution in [1.29, 1.82) is 0 Å². The number of amides is 2. The first-order valence-corrected chi connectivity index (χ1v) is 8.62. The number of carbonyl (C=O) groups excluding carboxylic acids is 2. The van der Waals surface area contributed by atoms with Gasteiger partial charge in [0.1, 0.15) is 16.6 Å². The molecule has 25 heavy (non-hydrogen) atoms. The van der Waals surface area contributed by atoms with Gasteiger partial charge in [0, 0.05) is 13.0 Å². The highest BCUT2D eigenvalue weighted by Gasteiger charge is 2.33. The van der Waals surface area contributed by atoms with E-state index in [1.165, 1.54) is 17.0 Å². The van der Waals surface area contributed by atoms with Crippen LogP contribution in [0.5, 0.6) is 5.75 Å². The van der Waals surface area contributed by atoms with E-state index >= 15 is 0 Å². The number of rotatable bonds is 7. The molecule has 0 unspecified atom stereocenters. The summed E-state index contributed by atoms with van der Waals surface area (Å²) in [7, 11) is 0. The van der Waals surface area contributed by atoms with Gasteiger partial charge >= 0.3 is 5.97 Å². The fourth-order valence-corrected chi connectivity index (χ4v) is 3.28. The SMILES string of the molecule is O=C(O)CCCNC(=O)CN1C(=O)/C(=C/c2ccc(O)cc2)SC1=S. The molecular weight excluding hydrogens is 364 g/mol. The van der Waals surface area contributed by atoms with E-state index in [1.54, 1.807) is 18.2 Å². The molecule has 0 aromatic heterocycles. The van der Waals surface area contributed by atoms with E-state index in [4.69, 9.17) is 17.3 Å². The van der Waals surface area contributed by atoms with Gasteiger partial charge < -0.3 is 15.5 Å². The van der Waals surface area contributed by atoms with Crippen molar-refractivity contribution in [3.63, 3.8) is 0 Å². The van der Waals surface area contributed by atoms with Crippen molar-refractivity contribution in [2.45, 2.75) is 12.8 Å². The predicted octanol–water partition coefficient (Wildman–Crippen LogP) is 1.57. The molecule has 0 aliphatic carbocycles. The van der Waals surface area contributed by atoms with Crippen LogP contribution in [0.2, 0.25) is 0 Å². The summed E-state index contributed by atoms with van der Waals surface area (Å²) in [6, 6.07) is 6.35. The largest absolute Gasteiger partial charge is 0.508 e. The fourth-order valence-electron chi connectivity index (χ4n) is 2.03. The van der Waals surface area contributed by atoms with Crippen molar-refractivity contribution in [2.75, 3.05) is 13.1 Å². The Morgan fingerprint density at radius 1 is 1.28 bits per heavy atom. The molecule has 1 aromatic carbocycles. The molecule has 1 saturated heterocycles. The molecule has 9 heteroatoms. The van der Waals surface area contributed by atoms with Gasteiger partial charge in [-0.05, 0) is 30.2 Å². The van der Waals surface area contributed by atoms with Crippen LogP contribution in [0.25, 0.3) is 6.08 Å². The van der Waals surface area contributed by atoms with Gasteiger partial charge in [0.25, 0.3) is 5.91 Å². The molecule has 0 spiro atoms. The van der Waals surface area contributed by atoms with Crippen molar-refractivity contribution in [2.24, 2.45) is 0 Å². The maximum absolute atomic E-state index is 12.4. The van der Waals surface area contributed by atoms with Gasteiger partial charge in [-0.1, -0.05) is 36.1 Å². The number of thiocarbonyl (C=S) groups is 1. The molecule has 1 fully saturated rings. The van der Waals surface area contributed by atoms with Gasteiger partial charge in [0.05, 0.1) is 4.91 Å². The number of hydrogen-bond donors (Lipinski definition) is 3. The Hall–Kier alpha value is -2.39. The third-order valence-corrected chi connectivity index (χ3v) is 4.63. The molecule has 0 atom stereocenters. The normalized spacial score (nSPS) is 15.7. The van der Waals surface area contributed by atoms with E-state index in [9.17, 15) is 19.5 Å². The van der Waals surface area contributed by atoms with Gasteiger partial charge in [0.15, 0.2) is 0 Å². The minimum Gasteiger partial charge on any atom is -0.508 e. The molecule has 0 bridgehead atoms. The Morgan fingerprint density at radius 2 is 1.96 bits per heavy atom. The second kappa shape index (κ2) is 8.63. The van der Waals surface area contributed by atoms with Crippen molar-refractivity contribution in [1.82, 2.24) is 10.2 Å². The van der Waals surface area contributed by atoms with Crippen LogP contribution in [0.4, 0.5) is 0 Å². The first-order chi connectivity index (χ1) is 11.9. The highest BCUT2D eigenvalue weighted by Crippen LogP contribution is 2.32. The number of carboxylic acid groups (broad SMARTS) is 1. The van der Waals surface area contributed by atoms with Gasteiger partial charge in [0.2, 0.25) is 5.91 Å². The standard InChI is InChI=1S/C16H16N2O5S2/c19-11-5-3-10(4-6-11)8-12-15(23)18(16(24)25-12)9-13(20)17-7-1-2-14(21)22/h3-6,8,19H,1-2,7,9H2,(H,17,20)(H,21,22)/b12-8-. The zero-order valence-corrected chi connectivity index (χ0v) is 14.7. The molecule has 2 amide bonds. The molecular formula is C16H16N2O5S2. The van der Waals surface area contributed by atoms with Crippen LogP contribution in [0.1, 0.15) is 18.4 Å². The van der Waals surface area contributed by atoms with E-state index < -0.39 is 11.9 Å². The maximum Gasteiger partial charge on any atom is 0.303 e. The Labute approximate surface area is 153 Å². The summed E-state index contributed by atoms with van der Waals surface area (Å²) < 4.78 is 0.288. The lowest BCUT2D eigenvalue weighted by Crippen LogP contribution is -2.39. The van der Waals surface area contributed by atoms with Crippen LogP contribution in [0.3, 0.4) is 0 Å². The Kier molecular flexibility index (Phi) is 6.54. The Bertz CT molecular complexity index is 731. The average Bonchev–Trinajstić information content (AvgIpc) is 2.81. The molecule has 1 aliphatic rings. The zero-order valence-electron chi connectivity index (χ0n) is 13.1. The molecule has 0 saturated carbocycles. The Morgan fingerprint density at radius 3 is 2.60 bits per heavy atom. The fraction of sp³-hybridized carbons (Fsp3) is 0.250. The number of carboxylic acids is 1. The molecule has 1 heterocycles. The summed E-state index contributed by atoms with van der Waals surface area (Å²) >= 11 is 6.25. The molecule has 2 rings (SSSR count). The number of benzene rings is 1. The van der Waals surface area contributed by atoms with E-state index in [-0.39, 0.29) is 35.5 Å². The minimum atomic E-state index is -0.925. The number of hydrogen-bond acceptors (Lipinski definition) is 6. The van der Waals surface area contributed by atoms with Gasteiger partial charge in [-0.15, -0.1) is 0 Å². The predicted molar refractivity (Wildman–Crippen MR) is 97.9 cm³/mol. The van der Waals surface area contributed by atoms with Gasteiger partial charge in [-0.25, -0.2) is 0 Å². The third kappa shape index (κ3) is 5.57. The van der Waals surface area contributed by atoms with Crippen LogP contribution in [-0.4, -0.2) is 50.3 Å². The molecule has 7 nitrogen and oxygen atoms in total. The summed E-state index contributed by atoms with van der Waals surface area (Å²) in [5.41, 5.74) is 0.733. The second-order valence-electron chi connectivity index (χ2n) is 5.21. The number of aliphatic carboxylic acids is 1. The van der Waals surface area contributed by atoms with E-state index in [0.29, 0.717) is 11.3 Å². The number of nitrogens with one attached hydrogen (secondary N) is 1. The highest BCUT2D eigenvalue weighted by molar-refractivity contribution is 8.26. The van der Waals surface area contributed by atoms with Crippen molar-refractivity contribution < 1.29 is 24.6 Å². The lowest BCUT2D eigenvalue weighted by Gasteiger charge is -2.13. The van der Waals surface area contributed by atoms with Crippen LogP contribution in [0.15, 0.2) is 29.2 Å². The lowest BCUT2D eigenvalue weighted by molar-refractivity contribution is -0.137. The number of nitrogens with zero attached hydrogens (tertiary/aromatic N) is 1. The summed E-state index contributed by atoms with van der Waals surface area (Å²) in [5.74, 6) is -1.55. The number of phenols is 1. The Balaban J connectivity index is 1.93. The highest BCUT2D eigenvalue weighted by atomic mass is 32.2. The van der Waals surface area contributed by atoms with Gasteiger partial charge in [-0.3, -0.25) is 19.3 Å². The maximum atomic E-state index is 12.4. The third-order valence-electron chi connectivity index (χ3n) is 3.26. The van der Waals surface area contributed by atoms with E-state index in [2.05, 4.69) is 5.32 Å². The quantitative estimate of drug-likeness (QED) is 0.374. The summed E-state index contributed by atoms with van der Waals surface area (Å²) in [6.07, 6.45) is 1.93. The molecule has 132 valence electrons. The summed E-state index contributed by atoms with van der Waals surface area (Å²) in [5, 5.41) is 20.4. The molecule has 1 aliphatic heterocycles. The number of carbonyl (C=O) groups is 3. The van der Waals surface area contributed by atoms with E-state index in [0.717, 1.165) is 17.3 Å². The van der Waals surface area contributed by atoms with Crippen molar-refractivity contribution >= 4 is 52.2 Å². The summed E-state index contributed by atoms with van der Waals surface area (Å²) in [6.45, 7) is 0.0218. The first kappa shape index (κ1) is 18.9. The summed E-state index contributed by atoms with van der Waals surface area (Å²) in [4.78, 5) is 36.3. The number of phenolic OH excluding ortho intramolecular Hbond substituents is 1. The number of aromatic hydroxyl groups is 1. The second-order valence-corrected chi connectivity index (χ2v) is 6.88. The van der Waals surface area contributed by atoms with Crippen LogP contribution < -0.4 is 5.32 Å².